The quantitative estimate of drug-likeness (QED) is 0.274. The molecule has 6 rings (SSSR count). The Bertz CT molecular complexity index is 1570. The fourth-order valence-corrected chi connectivity index (χ4v) is 6.17. The highest BCUT2D eigenvalue weighted by atomic mass is 32.1. The van der Waals surface area contributed by atoms with E-state index in [1.54, 1.807) is 29.8 Å². The first-order valence-corrected chi connectivity index (χ1v) is 12.0. The summed E-state index contributed by atoms with van der Waals surface area (Å²) in [7, 11) is 1.72. The number of fused-ring (bicyclic) bond motifs is 2. The Labute approximate surface area is 193 Å². The van der Waals surface area contributed by atoms with E-state index in [1.807, 2.05) is 36.5 Å². The largest absolute Gasteiger partial charge is 0.496 e. The third-order valence-corrected chi connectivity index (χ3v) is 7.64. The molecule has 154 valence electrons. The average molecular weight is 451 g/mol. The van der Waals surface area contributed by atoms with E-state index in [0.29, 0.717) is 0 Å². The first kappa shape index (κ1) is 19.2. The summed E-state index contributed by atoms with van der Waals surface area (Å²) in [6, 6.07) is 27.0. The molecule has 0 aliphatic heterocycles. The minimum atomic E-state index is 0.819. The van der Waals surface area contributed by atoms with Gasteiger partial charge in [0.1, 0.15) is 10.8 Å². The number of thiazole rings is 1. The van der Waals surface area contributed by atoms with Crippen molar-refractivity contribution in [3.8, 4) is 38.0 Å². The van der Waals surface area contributed by atoms with Crippen molar-refractivity contribution in [1.29, 1.82) is 0 Å². The third kappa shape index (κ3) is 3.09. The molecule has 0 amide bonds. The number of nitrogens with zero attached hydrogens (tertiary/aromatic N) is 2. The number of pyridine rings is 1. The van der Waals surface area contributed by atoms with Crippen LogP contribution in [0, 0.1) is 0 Å². The summed E-state index contributed by atoms with van der Waals surface area (Å²) in [5.74, 6) is 0.819. The number of hydrogen-bond donors (Lipinski definition) is 0. The second-order valence-electron chi connectivity index (χ2n) is 7.42. The predicted octanol–water partition coefficient (Wildman–Crippen LogP) is 7.92. The van der Waals surface area contributed by atoms with Crippen LogP contribution < -0.4 is 4.74 Å². The zero-order valence-corrected chi connectivity index (χ0v) is 18.9. The van der Waals surface area contributed by atoms with E-state index >= 15 is 0 Å². The van der Waals surface area contributed by atoms with Gasteiger partial charge in [0.2, 0.25) is 0 Å². The Kier molecular flexibility index (Phi) is 4.71. The summed E-state index contributed by atoms with van der Waals surface area (Å²) in [5, 5.41) is 5.46. The van der Waals surface area contributed by atoms with Crippen LogP contribution in [0.5, 0.6) is 5.75 Å². The molecule has 32 heavy (non-hydrogen) atoms. The molecule has 0 atom stereocenters. The molecule has 0 unspecified atom stereocenters. The lowest BCUT2D eigenvalue weighted by Crippen LogP contribution is -1.92. The van der Waals surface area contributed by atoms with Gasteiger partial charge in [0.05, 0.1) is 28.8 Å². The van der Waals surface area contributed by atoms with Gasteiger partial charge in [0, 0.05) is 38.2 Å². The van der Waals surface area contributed by atoms with Crippen molar-refractivity contribution in [2.24, 2.45) is 0 Å². The molecule has 0 aliphatic rings. The maximum atomic E-state index is 5.84. The van der Waals surface area contributed by atoms with Crippen molar-refractivity contribution in [3.05, 3.63) is 90.4 Å². The fraction of sp³-hybridized carbons (Fsp3) is 0.0370. The lowest BCUT2D eigenvalue weighted by atomic mass is 9.97. The van der Waals surface area contributed by atoms with Gasteiger partial charge in [-0.2, -0.15) is 0 Å². The predicted molar refractivity (Wildman–Crippen MR) is 136 cm³/mol. The van der Waals surface area contributed by atoms with Crippen LogP contribution in [0.25, 0.3) is 53.3 Å². The standard InChI is InChI=1S/C27H18N2OS2/c1-30-21-14-13-17-10-7-15-28-25(17)24(21)23-19-11-5-6-12-22(19)32-26(23)20-16-31-27(29-20)18-8-3-2-4-9-18/h2-16H,1H3. The van der Waals surface area contributed by atoms with Crippen molar-refractivity contribution in [3.63, 3.8) is 0 Å². The van der Waals surface area contributed by atoms with E-state index in [9.17, 15) is 0 Å². The molecule has 0 saturated carbocycles. The molecule has 0 N–H and O–H groups in total. The molecule has 0 aliphatic carbocycles. The first-order chi connectivity index (χ1) is 15.8. The smallest absolute Gasteiger partial charge is 0.128 e. The Morgan fingerprint density at radius 3 is 2.53 bits per heavy atom. The molecular weight excluding hydrogens is 432 g/mol. The number of ether oxygens (including phenoxy) is 1. The molecule has 0 fully saturated rings. The first-order valence-electron chi connectivity index (χ1n) is 10.3. The topological polar surface area (TPSA) is 35.0 Å². The summed E-state index contributed by atoms with van der Waals surface area (Å²) in [5.41, 5.74) is 5.22. The van der Waals surface area contributed by atoms with Gasteiger partial charge in [0.25, 0.3) is 0 Å². The van der Waals surface area contributed by atoms with Crippen molar-refractivity contribution in [1.82, 2.24) is 9.97 Å². The van der Waals surface area contributed by atoms with Crippen molar-refractivity contribution < 1.29 is 4.74 Å². The lowest BCUT2D eigenvalue weighted by Gasteiger charge is -2.12. The van der Waals surface area contributed by atoms with Crippen LogP contribution in [-0.4, -0.2) is 17.1 Å². The van der Waals surface area contributed by atoms with Gasteiger partial charge in [-0.1, -0.05) is 54.6 Å². The Morgan fingerprint density at radius 1 is 0.812 bits per heavy atom. The zero-order chi connectivity index (χ0) is 21.5. The van der Waals surface area contributed by atoms with Gasteiger partial charge in [-0.3, -0.25) is 4.98 Å². The van der Waals surface area contributed by atoms with Gasteiger partial charge < -0.3 is 4.74 Å². The second kappa shape index (κ2) is 7.86. The van der Waals surface area contributed by atoms with Gasteiger partial charge in [-0.05, 0) is 24.3 Å². The van der Waals surface area contributed by atoms with Crippen molar-refractivity contribution in [2.75, 3.05) is 7.11 Å². The maximum absolute atomic E-state index is 5.84. The molecule has 3 heterocycles. The molecule has 0 radical (unpaired) electrons. The van der Waals surface area contributed by atoms with E-state index in [2.05, 4.69) is 53.9 Å². The van der Waals surface area contributed by atoms with E-state index in [4.69, 9.17) is 14.7 Å². The van der Waals surface area contributed by atoms with Crippen LogP contribution in [0.15, 0.2) is 90.4 Å². The SMILES string of the molecule is COc1ccc2cccnc2c1-c1c(-c2csc(-c3ccccc3)n2)sc2ccccc12. The minimum absolute atomic E-state index is 0.819. The van der Waals surface area contributed by atoms with Crippen molar-refractivity contribution in [2.45, 2.75) is 0 Å². The number of thiophene rings is 1. The van der Waals surface area contributed by atoms with Gasteiger partial charge in [-0.15, -0.1) is 22.7 Å². The minimum Gasteiger partial charge on any atom is -0.496 e. The number of rotatable bonds is 4. The molecular formula is C27H18N2OS2. The summed E-state index contributed by atoms with van der Waals surface area (Å²) in [6.07, 6.45) is 1.84. The van der Waals surface area contributed by atoms with Crippen LogP contribution in [0.4, 0.5) is 0 Å². The summed E-state index contributed by atoms with van der Waals surface area (Å²) >= 11 is 3.44. The van der Waals surface area contributed by atoms with Gasteiger partial charge in [0.15, 0.2) is 0 Å². The third-order valence-electron chi connectivity index (χ3n) is 5.56. The highest BCUT2D eigenvalue weighted by molar-refractivity contribution is 7.23. The van der Waals surface area contributed by atoms with Gasteiger partial charge >= 0.3 is 0 Å². The molecule has 0 spiro atoms. The molecule has 3 nitrogen and oxygen atoms in total. The second-order valence-corrected chi connectivity index (χ2v) is 9.33. The monoisotopic (exact) mass is 450 g/mol. The molecule has 3 aromatic carbocycles. The van der Waals surface area contributed by atoms with Crippen LogP contribution in [0.3, 0.4) is 0 Å². The van der Waals surface area contributed by atoms with Crippen LogP contribution in [-0.2, 0) is 0 Å². The average Bonchev–Trinajstić information content (AvgIpc) is 3.49. The fourth-order valence-electron chi connectivity index (χ4n) is 4.10. The molecule has 0 bridgehead atoms. The van der Waals surface area contributed by atoms with Crippen LogP contribution in [0.1, 0.15) is 0 Å². The van der Waals surface area contributed by atoms with Crippen LogP contribution >= 0.6 is 22.7 Å². The molecule has 0 saturated heterocycles. The summed E-state index contributed by atoms with van der Waals surface area (Å²) in [4.78, 5) is 10.9. The maximum Gasteiger partial charge on any atom is 0.128 e. The van der Waals surface area contributed by atoms with E-state index in [1.165, 1.54) is 10.1 Å². The number of aromatic nitrogens is 2. The highest BCUT2D eigenvalue weighted by Gasteiger charge is 2.23. The summed E-state index contributed by atoms with van der Waals surface area (Å²) in [6.45, 7) is 0. The van der Waals surface area contributed by atoms with E-state index in [0.717, 1.165) is 48.9 Å². The lowest BCUT2D eigenvalue weighted by molar-refractivity contribution is 0.417. The van der Waals surface area contributed by atoms with Crippen molar-refractivity contribution >= 4 is 43.7 Å². The Morgan fingerprint density at radius 2 is 1.66 bits per heavy atom. The Balaban J connectivity index is 1.66. The van der Waals surface area contributed by atoms with Crippen LogP contribution in [0.2, 0.25) is 0 Å². The Hall–Kier alpha value is -3.54. The number of hydrogen-bond acceptors (Lipinski definition) is 5. The van der Waals surface area contributed by atoms with E-state index in [-0.39, 0.29) is 0 Å². The normalized spacial score (nSPS) is 11.3. The highest BCUT2D eigenvalue weighted by Crippen LogP contribution is 2.49. The number of methoxy groups -OCH3 is 1. The molecule has 3 aromatic heterocycles. The molecule has 5 heteroatoms. The van der Waals surface area contributed by atoms with E-state index < -0.39 is 0 Å². The summed E-state index contributed by atoms with van der Waals surface area (Å²) < 4.78 is 7.06. The zero-order valence-electron chi connectivity index (χ0n) is 17.3. The molecule has 6 aromatic rings. The number of benzene rings is 3. The van der Waals surface area contributed by atoms with Gasteiger partial charge in [-0.25, -0.2) is 4.98 Å².